The third-order valence-electron chi connectivity index (χ3n) is 7.08. The first-order chi connectivity index (χ1) is 18.9. The van der Waals surface area contributed by atoms with Gasteiger partial charge in [-0.2, -0.15) is 0 Å². The zero-order chi connectivity index (χ0) is 27.5. The third-order valence-corrected chi connectivity index (χ3v) is 7.33. The van der Waals surface area contributed by atoms with Gasteiger partial charge in [0.25, 0.3) is 5.91 Å². The predicted octanol–water partition coefficient (Wildman–Crippen LogP) is 4.59. The highest BCUT2D eigenvalue weighted by Gasteiger charge is 2.46. The summed E-state index contributed by atoms with van der Waals surface area (Å²) in [7, 11) is 0. The summed E-state index contributed by atoms with van der Waals surface area (Å²) in [5.41, 5.74) is 3.25. The van der Waals surface area contributed by atoms with E-state index in [0.717, 1.165) is 11.1 Å². The van der Waals surface area contributed by atoms with Crippen molar-refractivity contribution in [1.29, 1.82) is 0 Å². The van der Waals surface area contributed by atoms with Crippen LogP contribution in [0.5, 0.6) is 0 Å². The van der Waals surface area contributed by atoms with Crippen molar-refractivity contribution in [2.45, 2.75) is 32.0 Å². The number of hydrogen-bond acceptors (Lipinski definition) is 3. The summed E-state index contributed by atoms with van der Waals surface area (Å²) in [6.45, 7) is 2.44. The van der Waals surface area contributed by atoms with Crippen molar-refractivity contribution in [2.75, 3.05) is 13.1 Å². The zero-order valence-electron chi connectivity index (χ0n) is 21.4. The number of nitrogens with zero attached hydrogens (tertiary/aromatic N) is 2. The van der Waals surface area contributed by atoms with Gasteiger partial charge in [0.2, 0.25) is 5.91 Å². The first kappa shape index (κ1) is 26.4. The van der Waals surface area contributed by atoms with E-state index in [1.165, 1.54) is 17.0 Å². The van der Waals surface area contributed by atoms with Gasteiger partial charge >= 0.3 is 6.03 Å². The normalized spacial score (nSPS) is 17.7. The van der Waals surface area contributed by atoms with Crippen LogP contribution in [-0.2, 0) is 22.6 Å². The first-order valence-corrected chi connectivity index (χ1v) is 13.2. The van der Waals surface area contributed by atoms with Crippen molar-refractivity contribution in [3.63, 3.8) is 0 Å². The monoisotopic (exact) mass is 546 g/mol. The van der Waals surface area contributed by atoms with E-state index in [1.54, 1.807) is 41.3 Å². The summed E-state index contributed by atoms with van der Waals surface area (Å²) in [5, 5.41) is 6.37. The number of amides is 4. The predicted molar refractivity (Wildman–Crippen MR) is 146 cm³/mol. The number of nitrogens with one attached hydrogen (secondary N) is 2. The van der Waals surface area contributed by atoms with Gasteiger partial charge in [-0.1, -0.05) is 66.2 Å². The minimum Gasteiger partial charge on any atom is -0.350 e. The van der Waals surface area contributed by atoms with Gasteiger partial charge in [0.15, 0.2) is 0 Å². The second-order valence-corrected chi connectivity index (χ2v) is 9.96. The fourth-order valence-electron chi connectivity index (χ4n) is 5.14. The van der Waals surface area contributed by atoms with Crippen LogP contribution in [0.4, 0.5) is 9.18 Å². The molecule has 2 aliphatic heterocycles. The van der Waals surface area contributed by atoms with Gasteiger partial charge in [0.05, 0.1) is 23.9 Å². The Morgan fingerprint density at radius 2 is 1.77 bits per heavy atom. The van der Waals surface area contributed by atoms with Crippen LogP contribution in [-0.4, -0.2) is 46.8 Å². The highest BCUT2D eigenvalue weighted by atomic mass is 35.5. The van der Waals surface area contributed by atoms with Gasteiger partial charge in [-0.15, -0.1) is 0 Å². The standard InChI is InChI=1S/C30H28ClFN4O3/c1-2-35-25-18-36(29(38)26(25)27(34-30(35)39)21-11-13-22(31)14-12-21)24(16-19-7-4-3-5-8-19)28(37)33-17-20-9-6-10-23(32)15-20/h3-15,24,27H,2,16-18H2,1H3,(H,33,37)(H,34,39)/t24-,27-/m1/s1. The number of hydrogen-bond donors (Lipinski definition) is 2. The topological polar surface area (TPSA) is 81.8 Å². The Bertz CT molecular complexity index is 1430. The molecule has 0 aliphatic carbocycles. The largest absolute Gasteiger partial charge is 0.350 e. The first-order valence-electron chi connectivity index (χ1n) is 12.8. The number of carbonyl (C=O) groups excluding carboxylic acids is 3. The molecule has 200 valence electrons. The van der Waals surface area contributed by atoms with E-state index in [4.69, 9.17) is 11.6 Å². The van der Waals surface area contributed by atoms with Crippen molar-refractivity contribution < 1.29 is 18.8 Å². The van der Waals surface area contributed by atoms with Crippen LogP contribution < -0.4 is 10.6 Å². The summed E-state index contributed by atoms with van der Waals surface area (Å²) in [5.74, 6) is -1.06. The molecule has 0 spiro atoms. The minimum absolute atomic E-state index is 0.115. The van der Waals surface area contributed by atoms with E-state index in [-0.39, 0.29) is 43.2 Å². The highest BCUT2D eigenvalue weighted by molar-refractivity contribution is 6.30. The molecule has 0 saturated carbocycles. The average Bonchev–Trinajstić information content (AvgIpc) is 3.27. The zero-order valence-corrected chi connectivity index (χ0v) is 22.1. The van der Waals surface area contributed by atoms with Crippen LogP contribution in [0.2, 0.25) is 5.02 Å². The maximum Gasteiger partial charge on any atom is 0.322 e. The van der Waals surface area contributed by atoms with Gasteiger partial charge in [0.1, 0.15) is 11.9 Å². The Morgan fingerprint density at radius 1 is 1.05 bits per heavy atom. The van der Waals surface area contributed by atoms with Crippen LogP contribution in [0.25, 0.3) is 0 Å². The molecule has 0 radical (unpaired) electrons. The van der Waals surface area contributed by atoms with E-state index in [9.17, 15) is 18.8 Å². The summed E-state index contributed by atoms with van der Waals surface area (Å²) in [6.07, 6.45) is 0.279. The molecule has 7 nitrogen and oxygen atoms in total. The smallest absolute Gasteiger partial charge is 0.322 e. The molecular formula is C30H28ClFN4O3. The van der Waals surface area contributed by atoms with Gasteiger partial charge in [-0.3, -0.25) is 14.5 Å². The summed E-state index contributed by atoms with van der Waals surface area (Å²) in [4.78, 5) is 43.8. The fraction of sp³-hybridized carbons (Fsp3) is 0.233. The minimum atomic E-state index is -0.848. The Morgan fingerprint density at radius 3 is 2.46 bits per heavy atom. The SMILES string of the molecule is CCN1C(=O)N[C@H](c2ccc(Cl)cc2)C2=C1CN([C@H](Cc1ccccc1)C(=O)NCc1cccc(F)c1)C2=O. The van der Waals surface area contributed by atoms with Crippen LogP contribution in [0, 0.1) is 5.82 Å². The van der Waals surface area contributed by atoms with E-state index in [0.29, 0.717) is 28.4 Å². The van der Waals surface area contributed by atoms with E-state index in [2.05, 4.69) is 10.6 Å². The van der Waals surface area contributed by atoms with Crippen LogP contribution in [0.15, 0.2) is 90.1 Å². The van der Waals surface area contributed by atoms with Crippen molar-refractivity contribution >= 4 is 29.4 Å². The quantitative estimate of drug-likeness (QED) is 0.434. The molecule has 5 rings (SSSR count). The maximum absolute atomic E-state index is 14.0. The molecule has 2 N–H and O–H groups in total. The van der Waals surface area contributed by atoms with Crippen LogP contribution in [0.3, 0.4) is 0 Å². The summed E-state index contributed by atoms with van der Waals surface area (Å²) in [6, 6.07) is 20.6. The van der Waals surface area contributed by atoms with Gasteiger partial charge in [-0.25, -0.2) is 9.18 Å². The molecule has 4 amide bonds. The number of halogens is 2. The lowest BCUT2D eigenvalue weighted by Gasteiger charge is -2.32. The second kappa shape index (κ2) is 11.3. The van der Waals surface area contributed by atoms with Gasteiger partial charge in [-0.05, 0) is 47.9 Å². The van der Waals surface area contributed by atoms with Crippen LogP contribution >= 0.6 is 11.6 Å². The van der Waals surface area contributed by atoms with Gasteiger partial charge < -0.3 is 15.5 Å². The number of carbonyl (C=O) groups is 3. The average molecular weight is 547 g/mol. The molecule has 2 atom stereocenters. The Kier molecular flexibility index (Phi) is 7.65. The van der Waals surface area contributed by atoms with Crippen molar-refractivity contribution in [1.82, 2.24) is 20.4 Å². The van der Waals surface area contributed by atoms with E-state index in [1.807, 2.05) is 37.3 Å². The number of rotatable bonds is 8. The number of urea groups is 1. The number of likely N-dealkylation sites (N-methyl/N-ethyl adjacent to an activating group) is 1. The summed E-state index contributed by atoms with van der Waals surface area (Å²) < 4.78 is 13.7. The fourth-order valence-corrected chi connectivity index (χ4v) is 5.27. The Hall–Kier alpha value is -4.17. The molecule has 3 aromatic carbocycles. The molecule has 3 aromatic rings. The second-order valence-electron chi connectivity index (χ2n) is 9.52. The van der Waals surface area contributed by atoms with E-state index < -0.39 is 12.1 Å². The highest BCUT2D eigenvalue weighted by Crippen LogP contribution is 2.37. The van der Waals surface area contributed by atoms with Crippen LogP contribution in [0.1, 0.15) is 29.7 Å². The molecule has 39 heavy (non-hydrogen) atoms. The molecule has 0 saturated heterocycles. The third kappa shape index (κ3) is 5.52. The molecule has 0 aromatic heterocycles. The Balaban J connectivity index is 1.46. The lowest BCUT2D eigenvalue weighted by molar-refractivity contribution is -0.136. The molecule has 0 unspecified atom stereocenters. The molecule has 9 heteroatoms. The summed E-state index contributed by atoms with van der Waals surface area (Å²) >= 11 is 6.08. The Labute approximate surface area is 231 Å². The number of benzene rings is 3. The lowest BCUT2D eigenvalue weighted by atomic mass is 9.95. The van der Waals surface area contributed by atoms with Gasteiger partial charge in [0, 0.05) is 24.5 Å². The molecule has 0 bridgehead atoms. The van der Waals surface area contributed by atoms with E-state index >= 15 is 0 Å². The van der Waals surface area contributed by atoms with Crippen molar-refractivity contribution in [2.24, 2.45) is 0 Å². The molecule has 0 fully saturated rings. The molecular weight excluding hydrogens is 519 g/mol. The lowest BCUT2D eigenvalue weighted by Crippen LogP contribution is -2.49. The molecule has 2 heterocycles. The van der Waals surface area contributed by atoms with Crippen molar-refractivity contribution in [3.05, 3.63) is 118 Å². The molecule has 2 aliphatic rings. The maximum atomic E-state index is 14.0. The van der Waals surface area contributed by atoms with Crippen molar-refractivity contribution in [3.8, 4) is 0 Å².